The third-order valence-corrected chi connectivity index (χ3v) is 6.74. The molecule has 0 bridgehead atoms. The van der Waals surface area contributed by atoms with E-state index in [4.69, 9.17) is 5.26 Å². The van der Waals surface area contributed by atoms with Crippen LogP contribution in [0.2, 0.25) is 0 Å². The monoisotopic (exact) mass is 403 g/mol. The average molecular weight is 403 g/mol. The molecule has 28 heavy (non-hydrogen) atoms. The number of rotatable bonds is 6. The molecule has 1 aliphatic heterocycles. The van der Waals surface area contributed by atoms with Gasteiger partial charge in [0.1, 0.15) is 6.33 Å². The summed E-state index contributed by atoms with van der Waals surface area (Å²) in [5, 5.41) is 19.5. The van der Waals surface area contributed by atoms with E-state index in [1.807, 2.05) is 6.07 Å². The minimum Gasteiger partial charge on any atom is -0.344 e. The summed E-state index contributed by atoms with van der Waals surface area (Å²) >= 11 is 0. The van der Waals surface area contributed by atoms with Crippen molar-refractivity contribution in [1.82, 2.24) is 29.4 Å². The largest absolute Gasteiger partial charge is 0.344 e. The maximum Gasteiger partial charge on any atom is 0.243 e. The van der Waals surface area contributed by atoms with E-state index in [0.29, 0.717) is 38.2 Å². The second kappa shape index (κ2) is 8.45. The van der Waals surface area contributed by atoms with Crippen molar-refractivity contribution in [3.63, 3.8) is 0 Å². The van der Waals surface area contributed by atoms with E-state index in [1.54, 1.807) is 24.1 Å². The molecule has 1 saturated heterocycles. The van der Waals surface area contributed by atoms with Crippen LogP contribution in [0, 0.1) is 17.2 Å². The van der Waals surface area contributed by atoms with Crippen LogP contribution in [0.5, 0.6) is 0 Å². The van der Waals surface area contributed by atoms with Crippen molar-refractivity contribution in [3.05, 3.63) is 30.6 Å². The van der Waals surface area contributed by atoms with E-state index in [-0.39, 0.29) is 23.1 Å². The number of hydrogen-bond acceptors (Lipinski definition) is 7. The van der Waals surface area contributed by atoms with Crippen molar-refractivity contribution in [3.8, 4) is 11.8 Å². The fraction of sp³-hybridized carbons (Fsp3) is 0.471. The molecular formula is C17H21N7O3S. The van der Waals surface area contributed by atoms with Crippen LogP contribution >= 0.6 is 0 Å². The first-order valence-electron chi connectivity index (χ1n) is 8.89. The second-order valence-corrected chi connectivity index (χ2v) is 8.53. The molecule has 10 nitrogen and oxygen atoms in total. The van der Waals surface area contributed by atoms with Crippen molar-refractivity contribution >= 4 is 15.9 Å². The van der Waals surface area contributed by atoms with Crippen LogP contribution in [-0.2, 0) is 14.8 Å². The van der Waals surface area contributed by atoms with E-state index < -0.39 is 10.0 Å². The second-order valence-electron chi connectivity index (χ2n) is 6.59. The van der Waals surface area contributed by atoms with Crippen molar-refractivity contribution in [1.29, 1.82) is 5.26 Å². The fourth-order valence-corrected chi connectivity index (χ4v) is 4.65. The van der Waals surface area contributed by atoms with Crippen LogP contribution < -0.4 is 0 Å². The van der Waals surface area contributed by atoms with Gasteiger partial charge < -0.3 is 4.90 Å². The Kier molecular flexibility index (Phi) is 6.01. The number of amides is 1. The number of sulfonamides is 1. The lowest BCUT2D eigenvalue weighted by Gasteiger charge is -2.32. The number of aromatic nitrogens is 4. The fourth-order valence-electron chi connectivity index (χ4n) is 3.18. The summed E-state index contributed by atoms with van der Waals surface area (Å²) in [5.74, 6) is -0.240. The predicted molar refractivity (Wildman–Crippen MR) is 98.5 cm³/mol. The Balaban J connectivity index is 1.63. The molecule has 0 spiro atoms. The minimum absolute atomic E-state index is 0.0295. The van der Waals surface area contributed by atoms with Gasteiger partial charge in [0.15, 0.2) is 0 Å². The highest BCUT2D eigenvalue weighted by Gasteiger charge is 2.33. The van der Waals surface area contributed by atoms with Gasteiger partial charge in [-0.1, -0.05) is 0 Å². The molecule has 0 N–H and O–H groups in total. The Morgan fingerprint density at radius 3 is 2.54 bits per heavy atom. The highest BCUT2D eigenvalue weighted by atomic mass is 32.2. The van der Waals surface area contributed by atoms with Crippen molar-refractivity contribution in [2.45, 2.75) is 24.2 Å². The normalized spacial score (nSPS) is 15.9. The lowest BCUT2D eigenvalue weighted by molar-refractivity contribution is -0.135. The van der Waals surface area contributed by atoms with E-state index in [0.717, 1.165) is 0 Å². The smallest absolute Gasteiger partial charge is 0.243 e. The van der Waals surface area contributed by atoms with Crippen LogP contribution in [0.25, 0.3) is 5.69 Å². The van der Waals surface area contributed by atoms with Crippen LogP contribution in [0.1, 0.15) is 19.3 Å². The molecule has 3 rings (SSSR count). The lowest BCUT2D eigenvalue weighted by Crippen LogP contribution is -2.43. The van der Waals surface area contributed by atoms with E-state index in [1.165, 1.54) is 27.4 Å². The maximum absolute atomic E-state index is 12.9. The molecular weight excluding hydrogens is 382 g/mol. The SMILES string of the molecule is CN(CCC#N)C(=O)C1CCN(S(=O)(=O)c2ccc(-n3cnnn3)cc2)CC1. The summed E-state index contributed by atoms with van der Waals surface area (Å²) in [6.07, 6.45) is 2.66. The number of nitriles is 1. The summed E-state index contributed by atoms with van der Waals surface area (Å²) < 4.78 is 28.6. The third-order valence-electron chi connectivity index (χ3n) is 4.83. The van der Waals surface area contributed by atoms with Crippen LogP contribution in [-0.4, -0.2) is 70.4 Å². The molecule has 1 aromatic carbocycles. The molecule has 0 unspecified atom stereocenters. The van der Waals surface area contributed by atoms with Gasteiger partial charge >= 0.3 is 0 Å². The van der Waals surface area contributed by atoms with Gasteiger partial charge in [-0.2, -0.15) is 9.57 Å². The first-order chi connectivity index (χ1) is 13.4. The molecule has 1 amide bonds. The molecule has 1 aliphatic rings. The van der Waals surface area contributed by atoms with Gasteiger partial charge in [-0.25, -0.2) is 13.1 Å². The van der Waals surface area contributed by atoms with Crippen molar-refractivity contribution < 1.29 is 13.2 Å². The molecule has 0 aliphatic carbocycles. The van der Waals surface area contributed by atoms with Crippen LogP contribution in [0.15, 0.2) is 35.5 Å². The van der Waals surface area contributed by atoms with Gasteiger partial charge in [0.25, 0.3) is 0 Å². The zero-order chi connectivity index (χ0) is 20.1. The molecule has 0 atom stereocenters. The summed E-state index contributed by atoms with van der Waals surface area (Å²) in [6, 6.07) is 8.36. The molecule has 1 fully saturated rings. The summed E-state index contributed by atoms with van der Waals surface area (Å²) in [7, 11) is -1.95. The quantitative estimate of drug-likeness (QED) is 0.685. The zero-order valence-corrected chi connectivity index (χ0v) is 16.3. The number of carbonyl (C=O) groups is 1. The molecule has 148 valence electrons. The molecule has 2 aromatic rings. The molecule has 2 heterocycles. The average Bonchev–Trinajstić information content (AvgIpc) is 3.26. The van der Waals surface area contributed by atoms with Gasteiger partial charge in [0.2, 0.25) is 15.9 Å². The van der Waals surface area contributed by atoms with Crippen molar-refractivity contribution in [2.75, 3.05) is 26.7 Å². The Morgan fingerprint density at radius 1 is 1.29 bits per heavy atom. The Labute approximate surface area is 163 Å². The number of carbonyl (C=O) groups excluding carboxylic acids is 1. The van der Waals surface area contributed by atoms with Gasteiger partial charge in [-0.15, -0.1) is 5.10 Å². The minimum atomic E-state index is -3.63. The molecule has 1 aromatic heterocycles. The first kappa shape index (κ1) is 19.9. The number of nitrogens with zero attached hydrogens (tertiary/aromatic N) is 7. The summed E-state index contributed by atoms with van der Waals surface area (Å²) in [5.41, 5.74) is 0.661. The van der Waals surface area contributed by atoms with Crippen LogP contribution in [0.3, 0.4) is 0 Å². The standard InChI is InChI=1S/C17H21N7O3S/c1-22(10-2-9-18)17(25)14-7-11-23(12-8-14)28(26,27)16-5-3-15(4-6-16)24-13-19-20-21-24/h3-6,13-14H,2,7-8,10-12H2,1H3. The third kappa shape index (κ3) is 4.18. The predicted octanol–water partition coefficient (Wildman–Crippen LogP) is 0.435. The van der Waals surface area contributed by atoms with Gasteiger partial charge in [-0.3, -0.25) is 4.79 Å². The lowest BCUT2D eigenvalue weighted by atomic mass is 9.96. The van der Waals surface area contributed by atoms with E-state index >= 15 is 0 Å². The molecule has 0 saturated carbocycles. The Bertz CT molecular complexity index is 944. The van der Waals surface area contributed by atoms with Gasteiger partial charge in [0, 0.05) is 32.6 Å². The Hall–Kier alpha value is -2.84. The molecule has 11 heteroatoms. The number of hydrogen-bond donors (Lipinski definition) is 0. The highest BCUT2D eigenvalue weighted by Crippen LogP contribution is 2.25. The number of benzene rings is 1. The molecule has 0 radical (unpaired) electrons. The summed E-state index contributed by atoms with van der Waals surface area (Å²) in [4.78, 5) is 14.2. The van der Waals surface area contributed by atoms with Gasteiger partial charge in [0.05, 0.1) is 23.1 Å². The topological polar surface area (TPSA) is 125 Å². The summed E-state index contributed by atoms with van der Waals surface area (Å²) in [6.45, 7) is 0.973. The number of piperidine rings is 1. The maximum atomic E-state index is 12.9. The Morgan fingerprint density at radius 2 is 1.96 bits per heavy atom. The first-order valence-corrected chi connectivity index (χ1v) is 10.3. The van der Waals surface area contributed by atoms with Crippen LogP contribution in [0.4, 0.5) is 0 Å². The van der Waals surface area contributed by atoms with Crippen molar-refractivity contribution in [2.24, 2.45) is 5.92 Å². The van der Waals surface area contributed by atoms with Gasteiger partial charge in [-0.05, 0) is 47.5 Å². The van der Waals surface area contributed by atoms with E-state index in [9.17, 15) is 13.2 Å². The number of tetrazole rings is 1. The van der Waals surface area contributed by atoms with E-state index in [2.05, 4.69) is 15.5 Å². The highest BCUT2D eigenvalue weighted by molar-refractivity contribution is 7.89. The zero-order valence-electron chi connectivity index (χ0n) is 15.5.